The molecule has 116 valence electrons. The summed E-state index contributed by atoms with van der Waals surface area (Å²) >= 11 is 0. The topological polar surface area (TPSA) is 21.7 Å². The Bertz CT molecular complexity index is 450. The lowest BCUT2D eigenvalue weighted by atomic mass is 10.1. The lowest BCUT2D eigenvalue weighted by Gasteiger charge is -2.25. The van der Waals surface area contributed by atoms with Crippen LogP contribution in [0.25, 0.3) is 0 Å². The maximum atomic E-state index is 5.81. The average molecular weight is 289 g/mol. The van der Waals surface area contributed by atoms with E-state index in [1.807, 2.05) is 0 Å². The molecule has 2 aliphatic rings. The fourth-order valence-electron chi connectivity index (χ4n) is 3.07. The van der Waals surface area contributed by atoms with Crippen LogP contribution >= 0.6 is 0 Å². The van der Waals surface area contributed by atoms with E-state index < -0.39 is 0 Å². The van der Waals surface area contributed by atoms with E-state index in [4.69, 9.17) is 9.47 Å². The minimum absolute atomic E-state index is 0.232. The first-order chi connectivity index (χ1) is 10.2. The molecule has 0 amide bonds. The Hall–Kier alpha value is -1.06. The second kappa shape index (κ2) is 6.80. The van der Waals surface area contributed by atoms with Crippen LogP contribution in [0, 0.1) is 5.92 Å². The highest BCUT2D eigenvalue weighted by molar-refractivity contribution is 5.28. The maximum Gasteiger partial charge on any atom is 0.120 e. The first-order valence-corrected chi connectivity index (χ1v) is 8.28. The molecule has 2 fully saturated rings. The zero-order valence-electron chi connectivity index (χ0n) is 13.3. The van der Waals surface area contributed by atoms with E-state index in [-0.39, 0.29) is 6.10 Å². The van der Waals surface area contributed by atoms with Gasteiger partial charge in [0.25, 0.3) is 0 Å². The van der Waals surface area contributed by atoms with Gasteiger partial charge in [0.2, 0.25) is 0 Å². The third-order valence-corrected chi connectivity index (χ3v) is 4.24. The van der Waals surface area contributed by atoms with Crippen LogP contribution in [0.3, 0.4) is 0 Å². The van der Waals surface area contributed by atoms with E-state index in [0.717, 1.165) is 37.5 Å². The van der Waals surface area contributed by atoms with Gasteiger partial charge in [-0.05, 0) is 56.7 Å². The molecule has 3 nitrogen and oxygen atoms in total. The van der Waals surface area contributed by atoms with Crippen molar-refractivity contribution in [1.82, 2.24) is 4.90 Å². The Labute approximate surface area is 128 Å². The molecular weight excluding hydrogens is 262 g/mol. The van der Waals surface area contributed by atoms with Crippen LogP contribution in [0.2, 0.25) is 0 Å². The summed E-state index contributed by atoms with van der Waals surface area (Å²) < 4.78 is 11.3. The summed E-state index contributed by atoms with van der Waals surface area (Å²) in [4.78, 5) is 2.65. The molecule has 1 saturated heterocycles. The highest BCUT2D eigenvalue weighted by atomic mass is 16.5. The predicted octanol–water partition coefficient (Wildman–Crippen LogP) is 3.47. The number of hydrogen-bond acceptors (Lipinski definition) is 3. The Morgan fingerprint density at radius 2 is 2.14 bits per heavy atom. The van der Waals surface area contributed by atoms with Crippen molar-refractivity contribution in [2.45, 2.75) is 51.8 Å². The number of benzene rings is 1. The largest absolute Gasteiger partial charge is 0.491 e. The standard InChI is InChI=1S/C18H27NO2/c1-14(2)21-18-5-3-4-15(10-18)11-19(17-6-7-17)12-16-8-9-20-13-16/h3-5,10,14,16-17H,6-9,11-13H2,1-2H3/t16-/m0/s1. The minimum Gasteiger partial charge on any atom is -0.491 e. The van der Waals surface area contributed by atoms with Crippen LogP contribution in [-0.4, -0.2) is 36.8 Å². The van der Waals surface area contributed by atoms with E-state index in [2.05, 4.69) is 43.0 Å². The SMILES string of the molecule is CC(C)Oc1cccc(CN(C[C@@H]2CCOC2)C2CC2)c1. The molecule has 1 heterocycles. The van der Waals surface area contributed by atoms with Gasteiger partial charge < -0.3 is 9.47 Å². The molecule has 0 bridgehead atoms. The van der Waals surface area contributed by atoms with E-state index >= 15 is 0 Å². The van der Waals surface area contributed by atoms with Gasteiger partial charge in [-0.25, -0.2) is 0 Å². The Balaban J connectivity index is 1.61. The molecule has 1 aromatic carbocycles. The summed E-state index contributed by atoms with van der Waals surface area (Å²) in [7, 11) is 0. The monoisotopic (exact) mass is 289 g/mol. The Morgan fingerprint density at radius 1 is 1.29 bits per heavy atom. The van der Waals surface area contributed by atoms with Gasteiger partial charge in [0, 0.05) is 25.7 Å². The van der Waals surface area contributed by atoms with Crippen molar-refractivity contribution in [2.75, 3.05) is 19.8 Å². The Kier molecular flexibility index (Phi) is 4.81. The third kappa shape index (κ3) is 4.45. The molecular formula is C18H27NO2. The molecule has 1 aromatic rings. The third-order valence-electron chi connectivity index (χ3n) is 4.24. The molecule has 21 heavy (non-hydrogen) atoms. The van der Waals surface area contributed by atoms with Crippen molar-refractivity contribution in [3.05, 3.63) is 29.8 Å². The minimum atomic E-state index is 0.232. The summed E-state index contributed by atoms with van der Waals surface area (Å²) in [5.74, 6) is 1.71. The quantitative estimate of drug-likeness (QED) is 0.767. The summed E-state index contributed by atoms with van der Waals surface area (Å²) in [5, 5.41) is 0. The number of ether oxygens (including phenoxy) is 2. The number of rotatable bonds is 7. The van der Waals surface area contributed by atoms with Crippen molar-refractivity contribution in [3.63, 3.8) is 0 Å². The van der Waals surface area contributed by atoms with Gasteiger partial charge in [-0.2, -0.15) is 0 Å². The van der Waals surface area contributed by atoms with E-state index in [1.165, 1.54) is 31.4 Å². The van der Waals surface area contributed by atoms with Crippen molar-refractivity contribution < 1.29 is 9.47 Å². The van der Waals surface area contributed by atoms with Gasteiger partial charge >= 0.3 is 0 Å². The zero-order chi connectivity index (χ0) is 14.7. The molecule has 0 N–H and O–H groups in total. The molecule has 3 rings (SSSR count). The van der Waals surface area contributed by atoms with Crippen LogP contribution in [0.1, 0.15) is 38.7 Å². The highest BCUT2D eigenvalue weighted by Gasteiger charge is 2.31. The molecule has 1 aliphatic carbocycles. The summed E-state index contributed by atoms with van der Waals surface area (Å²) in [6.45, 7) is 8.25. The van der Waals surface area contributed by atoms with E-state index in [9.17, 15) is 0 Å². The van der Waals surface area contributed by atoms with E-state index in [1.54, 1.807) is 0 Å². The van der Waals surface area contributed by atoms with Crippen LogP contribution in [0.4, 0.5) is 0 Å². The summed E-state index contributed by atoms with van der Waals surface area (Å²) in [6, 6.07) is 9.36. The molecule has 0 aromatic heterocycles. The summed E-state index contributed by atoms with van der Waals surface area (Å²) in [6.07, 6.45) is 4.17. The second-order valence-corrected chi connectivity index (χ2v) is 6.70. The van der Waals surface area contributed by atoms with Crippen molar-refractivity contribution in [2.24, 2.45) is 5.92 Å². The van der Waals surface area contributed by atoms with Crippen molar-refractivity contribution in [1.29, 1.82) is 0 Å². The fraction of sp³-hybridized carbons (Fsp3) is 0.667. The van der Waals surface area contributed by atoms with Gasteiger partial charge in [-0.3, -0.25) is 4.90 Å². The van der Waals surface area contributed by atoms with Crippen molar-refractivity contribution >= 4 is 0 Å². The molecule has 1 saturated carbocycles. The second-order valence-electron chi connectivity index (χ2n) is 6.70. The summed E-state index contributed by atoms with van der Waals surface area (Å²) in [5.41, 5.74) is 1.36. The molecule has 0 radical (unpaired) electrons. The Morgan fingerprint density at radius 3 is 2.81 bits per heavy atom. The molecule has 3 heteroatoms. The molecule has 0 spiro atoms. The van der Waals surface area contributed by atoms with Gasteiger partial charge in [-0.15, -0.1) is 0 Å². The normalized spacial score (nSPS) is 22.2. The highest BCUT2D eigenvalue weighted by Crippen LogP contribution is 2.30. The average Bonchev–Trinajstić information content (AvgIpc) is 3.16. The van der Waals surface area contributed by atoms with Gasteiger partial charge in [0.05, 0.1) is 12.7 Å². The molecule has 1 atom stereocenters. The van der Waals surface area contributed by atoms with Gasteiger partial charge in [0.1, 0.15) is 5.75 Å². The van der Waals surface area contributed by atoms with Gasteiger partial charge in [0.15, 0.2) is 0 Å². The van der Waals surface area contributed by atoms with Crippen LogP contribution in [-0.2, 0) is 11.3 Å². The fourth-order valence-corrected chi connectivity index (χ4v) is 3.07. The zero-order valence-corrected chi connectivity index (χ0v) is 13.3. The van der Waals surface area contributed by atoms with Crippen molar-refractivity contribution in [3.8, 4) is 5.75 Å². The molecule has 1 aliphatic heterocycles. The lowest BCUT2D eigenvalue weighted by molar-refractivity contribution is 0.161. The predicted molar refractivity (Wildman–Crippen MR) is 84.6 cm³/mol. The van der Waals surface area contributed by atoms with Crippen LogP contribution in [0.5, 0.6) is 5.75 Å². The smallest absolute Gasteiger partial charge is 0.120 e. The molecule has 0 unspecified atom stereocenters. The van der Waals surface area contributed by atoms with Crippen LogP contribution < -0.4 is 4.74 Å². The van der Waals surface area contributed by atoms with Gasteiger partial charge in [-0.1, -0.05) is 12.1 Å². The first kappa shape index (κ1) is 14.9. The lowest BCUT2D eigenvalue weighted by Crippen LogP contribution is -2.31. The number of hydrogen-bond donors (Lipinski definition) is 0. The number of nitrogens with zero attached hydrogens (tertiary/aromatic N) is 1. The van der Waals surface area contributed by atoms with Crippen LogP contribution in [0.15, 0.2) is 24.3 Å². The van der Waals surface area contributed by atoms with E-state index in [0.29, 0.717) is 0 Å². The first-order valence-electron chi connectivity index (χ1n) is 8.28. The maximum absolute atomic E-state index is 5.81.